The maximum absolute atomic E-state index is 13.4. The predicted octanol–water partition coefficient (Wildman–Crippen LogP) is 1.59. The summed E-state index contributed by atoms with van der Waals surface area (Å²) in [5.41, 5.74) is 0.710. The van der Waals surface area contributed by atoms with Crippen LogP contribution in [-0.2, 0) is 16.1 Å². The maximum Gasteiger partial charge on any atom is 0.275 e. The van der Waals surface area contributed by atoms with E-state index in [0.717, 1.165) is 25.8 Å². The summed E-state index contributed by atoms with van der Waals surface area (Å²) in [6, 6.07) is 6.22. The topological polar surface area (TPSA) is 96.4 Å². The highest BCUT2D eigenvalue weighted by atomic mass is 19.1. The van der Waals surface area contributed by atoms with Gasteiger partial charge in [-0.05, 0) is 43.9 Å². The summed E-state index contributed by atoms with van der Waals surface area (Å²) < 4.78 is 13.1. The molecule has 8 nitrogen and oxygen atoms in total. The fourth-order valence-electron chi connectivity index (χ4n) is 5.22. The van der Waals surface area contributed by atoms with E-state index in [1.807, 2.05) is 11.8 Å². The van der Waals surface area contributed by atoms with Crippen molar-refractivity contribution in [3.8, 4) is 0 Å². The van der Waals surface area contributed by atoms with Crippen LogP contribution in [0.5, 0.6) is 0 Å². The highest BCUT2D eigenvalue weighted by Crippen LogP contribution is 2.38. The number of hydrogen-bond acceptors (Lipinski definition) is 6. The third-order valence-electron chi connectivity index (χ3n) is 7.33. The molecule has 33 heavy (non-hydrogen) atoms. The Balaban J connectivity index is 1.38. The second kappa shape index (κ2) is 8.46. The number of piperazine rings is 1. The van der Waals surface area contributed by atoms with E-state index < -0.39 is 17.8 Å². The zero-order valence-corrected chi connectivity index (χ0v) is 18.6. The minimum Gasteiger partial charge on any atom is -0.507 e. The van der Waals surface area contributed by atoms with Crippen LogP contribution in [0, 0.1) is 5.82 Å². The molecule has 0 spiro atoms. The molecule has 2 amide bonds. The smallest absolute Gasteiger partial charge is 0.275 e. The number of benzene rings is 1. The van der Waals surface area contributed by atoms with E-state index in [2.05, 4.69) is 10.2 Å². The Labute approximate surface area is 192 Å². The van der Waals surface area contributed by atoms with Crippen LogP contribution in [0.1, 0.15) is 38.2 Å². The molecule has 0 aromatic heterocycles. The number of halogens is 1. The number of rotatable bonds is 4. The van der Waals surface area contributed by atoms with E-state index in [4.69, 9.17) is 0 Å². The van der Waals surface area contributed by atoms with Crippen LogP contribution < -0.4 is 5.32 Å². The summed E-state index contributed by atoms with van der Waals surface area (Å²) in [5.74, 6) is -1.74. The van der Waals surface area contributed by atoms with Gasteiger partial charge in [0.2, 0.25) is 0 Å². The molecule has 1 aromatic carbocycles. The highest BCUT2D eigenvalue weighted by Gasteiger charge is 2.49. The molecule has 0 bridgehead atoms. The molecule has 4 aliphatic rings. The molecular formula is C24H29FN4O4. The summed E-state index contributed by atoms with van der Waals surface area (Å²) in [4.78, 5) is 32.1. The number of aliphatic hydroxyl groups excluding tert-OH is 2. The minimum atomic E-state index is -1.59. The first-order valence-corrected chi connectivity index (χ1v) is 11.6. The fraction of sp³-hybridized carbons (Fsp3) is 0.500. The number of fused-ring (bicyclic) bond motifs is 2. The molecule has 1 unspecified atom stereocenters. The van der Waals surface area contributed by atoms with Crippen molar-refractivity contribution < 1.29 is 24.2 Å². The SMILES string of the molecule is C[C@H]1CCN(C2CCC2)[C@@H]2CN3C=C(C(=O)NCc4ccc(F)cc4)C(O)C(O)=C3C(=O)N12. The molecule has 0 radical (unpaired) electrons. The summed E-state index contributed by atoms with van der Waals surface area (Å²) in [7, 11) is 0. The normalized spacial score (nSPS) is 28.2. The van der Waals surface area contributed by atoms with Crippen LogP contribution in [0.4, 0.5) is 4.39 Å². The number of amides is 2. The molecule has 3 atom stereocenters. The van der Waals surface area contributed by atoms with Crippen molar-refractivity contribution in [3.05, 3.63) is 58.9 Å². The van der Waals surface area contributed by atoms with Crippen molar-refractivity contribution in [2.75, 3.05) is 13.1 Å². The van der Waals surface area contributed by atoms with E-state index in [9.17, 15) is 24.2 Å². The van der Waals surface area contributed by atoms with Crippen LogP contribution in [-0.4, -0.2) is 74.2 Å². The predicted molar refractivity (Wildman–Crippen MR) is 118 cm³/mol. The molecule has 3 aliphatic heterocycles. The molecule has 3 heterocycles. The van der Waals surface area contributed by atoms with Gasteiger partial charge in [-0.15, -0.1) is 0 Å². The van der Waals surface area contributed by atoms with Crippen LogP contribution in [0.15, 0.2) is 47.5 Å². The van der Waals surface area contributed by atoms with Gasteiger partial charge in [-0.25, -0.2) is 4.39 Å². The Morgan fingerprint density at radius 1 is 1.21 bits per heavy atom. The lowest BCUT2D eigenvalue weighted by Crippen LogP contribution is -2.69. The van der Waals surface area contributed by atoms with Crippen molar-refractivity contribution in [1.82, 2.24) is 20.0 Å². The molecule has 1 aromatic rings. The van der Waals surface area contributed by atoms with Gasteiger partial charge in [-0.3, -0.25) is 14.5 Å². The average molecular weight is 457 g/mol. The Bertz CT molecular complexity index is 1020. The monoisotopic (exact) mass is 456 g/mol. The van der Waals surface area contributed by atoms with Crippen molar-refractivity contribution >= 4 is 11.8 Å². The minimum absolute atomic E-state index is 0.0290. The molecule has 176 valence electrons. The van der Waals surface area contributed by atoms with E-state index in [0.29, 0.717) is 18.2 Å². The van der Waals surface area contributed by atoms with Gasteiger partial charge in [0.25, 0.3) is 11.8 Å². The van der Waals surface area contributed by atoms with Gasteiger partial charge in [0.05, 0.1) is 12.1 Å². The maximum atomic E-state index is 13.4. The number of carbonyl (C=O) groups excluding carboxylic acids is 2. The Morgan fingerprint density at radius 3 is 2.61 bits per heavy atom. The fourth-order valence-corrected chi connectivity index (χ4v) is 5.22. The number of aliphatic hydroxyl groups is 2. The average Bonchev–Trinajstić information content (AvgIpc) is 2.76. The summed E-state index contributed by atoms with van der Waals surface area (Å²) in [6.07, 6.45) is 4.04. The first-order valence-electron chi connectivity index (χ1n) is 11.6. The zero-order valence-electron chi connectivity index (χ0n) is 18.6. The molecule has 3 N–H and O–H groups in total. The lowest BCUT2D eigenvalue weighted by Gasteiger charge is -2.56. The van der Waals surface area contributed by atoms with Crippen LogP contribution in [0.3, 0.4) is 0 Å². The van der Waals surface area contributed by atoms with Crippen LogP contribution in [0.25, 0.3) is 0 Å². The number of nitrogens with one attached hydrogen (secondary N) is 1. The number of hydrogen-bond donors (Lipinski definition) is 3. The van der Waals surface area contributed by atoms with Gasteiger partial charge in [-0.1, -0.05) is 18.6 Å². The van der Waals surface area contributed by atoms with E-state index in [1.165, 1.54) is 24.8 Å². The van der Waals surface area contributed by atoms with Crippen molar-refractivity contribution in [1.29, 1.82) is 0 Å². The second-order valence-corrected chi connectivity index (χ2v) is 9.34. The molecular weight excluding hydrogens is 427 g/mol. The van der Waals surface area contributed by atoms with Crippen molar-refractivity contribution in [3.63, 3.8) is 0 Å². The zero-order chi connectivity index (χ0) is 23.3. The summed E-state index contributed by atoms with van der Waals surface area (Å²) >= 11 is 0. The van der Waals surface area contributed by atoms with Gasteiger partial charge < -0.3 is 25.3 Å². The van der Waals surface area contributed by atoms with Gasteiger partial charge >= 0.3 is 0 Å². The largest absolute Gasteiger partial charge is 0.507 e. The number of carbonyl (C=O) groups is 2. The van der Waals surface area contributed by atoms with Gasteiger partial charge in [0, 0.05) is 31.4 Å². The summed E-state index contributed by atoms with van der Waals surface area (Å²) in [5, 5.41) is 24.1. The lowest BCUT2D eigenvalue weighted by molar-refractivity contribution is -0.155. The first-order chi connectivity index (χ1) is 15.8. The quantitative estimate of drug-likeness (QED) is 0.637. The second-order valence-electron chi connectivity index (χ2n) is 9.34. The van der Waals surface area contributed by atoms with Gasteiger partial charge in [0.15, 0.2) is 5.76 Å². The molecule has 3 fully saturated rings. The van der Waals surface area contributed by atoms with E-state index in [-0.39, 0.29) is 41.7 Å². The van der Waals surface area contributed by atoms with Crippen LogP contribution >= 0.6 is 0 Å². The molecule has 9 heteroatoms. The Hall–Kier alpha value is -2.91. The highest BCUT2D eigenvalue weighted by molar-refractivity contribution is 5.99. The standard InChI is InChI=1S/C24H29FN4O4/c1-14-9-10-28(17-3-2-4-17)19-13-27-12-18(21(30)22(31)20(27)24(33)29(14)19)23(32)26-11-15-5-7-16(25)8-6-15/h5-8,12,14,17,19,21,30-31H,2-4,9-11,13H2,1H3,(H,26,32)/t14-,19-,21?/m0/s1. The van der Waals surface area contributed by atoms with Crippen LogP contribution in [0.2, 0.25) is 0 Å². The first kappa shape index (κ1) is 21.9. The third kappa shape index (κ3) is 3.79. The van der Waals surface area contributed by atoms with Gasteiger partial charge in [-0.2, -0.15) is 0 Å². The van der Waals surface area contributed by atoms with Crippen molar-refractivity contribution in [2.24, 2.45) is 0 Å². The lowest BCUT2D eigenvalue weighted by atomic mass is 9.88. The molecule has 1 aliphatic carbocycles. The van der Waals surface area contributed by atoms with Crippen molar-refractivity contribution in [2.45, 2.75) is 63.5 Å². The van der Waals surface area contributed by atoms with Gasteiger partial charge in [0.1, 0.15) is 23.8 Å². The Kier molecular flexibility index (Phi) is 5.62. The summed E-state index contributed by atoms with van der Waals surface area (Å²) in [6.45, 7) is 3.49. The molecule has 5 rings (SSSR count). The molecule has 2 saturated heterocycles. The molecule has 1 saturated carbocycles. The van der Waals surface area contributed by atoms with E-state index in [1.54, 1.807) is 17.0 Å². The van der Waals surface area contributed by atoms with E-state index >= 15 is 0 Å². The Morgan fingerprint density at radius 2 is 1.94 bits per heavy atom. The third-order valence-corrected chi connectivity index (χ3v) is 7.33. The number of nitrogens with zero attached hydrogens (tertiary/aromatic N) is 3.